The summed E-state index contributed by atoms with van der Waals surface area (Å²) in [4.78, 5) is -3.24. The van der Waals surface area contributed by atoms with Crippen LogP contribution in [0.1, 0.15) is 55.4 Å². The number of hydrogen-bond donors (Lipinski definition) is 0. The van der Waals surface area contributed by atoms with Crippen LogP contribution in [0.4, 0.5) is 32.6 Å². The third-order valence-corrected chi connectivity index (χ3v) is 6.68. The van der Waals surface area contributed by atoms with Crippen LogP contribution in [0.25, 0.3) is 11.1 Å². The number of benzene rings is 3. The summed E-state index contributed by atoms with van der Waals surface area (Å²) >= 11 is 0. The van der Waals surface area contributed by atoms with E-state index in [0.717, 1.165) is 25.3 Å². The molecule has 0 nitrogen and oxygen atoms in total. The average Bonchev–Trinajstić information content (AvgIpc) is 2.76. The Labute approximate surface area is 205 Å². The van der Waals surface area contributed by atoms with Gasteiger partial charge in [0.25, 0.3) is 0 Å². The second-order valence-electron chi connectivity index (χ2n) is 8.53. The lowest BCUT2D eigenvalue weighted by molar-refractivity contribution is 0.345. The van der Waals surface area contributed by atoms with Gasteiger partial charge in [-0.15, -0.1) is 0 Å². The van der Waals surface area contributed by atoms with Crippen molar-refractivity contribution < 1.29 is 32.6 Å². The number of aryl methyl sites for hydroxylation is 2. The molecule has 3 aromatic rings. The van der Waals surface area contributed by atoms with Crippen molar-refractivity contribution >= 4 is 10.2 Å². The second kappa shape index (κ2) is 9.47. The Balaban J connectivity index is 2.03. The van der Waals surface area contributed by atoms with Crippen LogP contribution in [0.2, 0.25) is 0 Å². The Morgan fingerprint density at radius 2 is 1.31 bits per heavy atom. The van der Waals surface area contributed by atoms with E-state index in [1.165, 1.54) is 11.6 Å². The molecule has 0 aliphatic rings. The molecule has 0 spiro atoms. The van der Waals surface area contributed by atoms with E-state index in [1.54, 1.807) is 0 Å². The van der Waals surface area contributed by atoms with Gasteiger partial charge < -0.3 is 0 Å². The van der Waals surface area contributed by atoms with Gasteiger partial charge in [-0.3, -0.25) is 0 Å². The molecule has 0 aromatic heterocycles. The van der Waals surface area contributed by atoms with E-state index in [1.807, 2.05) is 31.2 Å². The van der Waals surface area contributed by atoms with Gasteiger partial charge in [0.2, 0.25) is 0 Å². The molecule has 0 heterocycles. The quantitative estimate of drug-likeness (QED) is 0.210. The van der Waals surface area contributed by atoms with Gasteiger partial charge in [-0.25, -0.2) is 13.2 Å². The van der Waals surface area contributed by atoms with E-state index in [4.69, 9.17) is 0 Å². The molecule has 0 radical (unpaired) electrons. The first-order chi connectivity index (χ1) is 16.6. The lowest BCUT2D eigenvalue weighted by Crippen LogP contribution is -2.11. The molecule has 0 aliphatic heterocycles. The normalized spacial score (nSPS) is 13.5. The summed E-state index contributed by atoms with van der Waals surface area (Å²) in [5, 5.41) is 0. The van der Waals surface area contributed by atoms with Gasteiger partial charge in [-0.1, -0.05) is 70.1 Å². The van der Waals surface area contributed by atoms with Gasteiger partial charge in [0, 0.05) is 16.7 Å². The molecule has 36 heavy (non-hydrogen) atoms. The highest BCUT2D eigenvalue weighted by Gasteiger charge is 2.68. The molecule has 3 aromatic carbocycles. The van der Waals surface area contributed by atoms with E-state index in [9.17, 15) is 32.6 Å². The van der Waals surface area contributed by atoms with Gasteiger partial charge in [-0.2, -0.15) is 0 Å². The smallest absolute Gasteiger partial charge is 0.206 e. The SMILES string of the molecule is CCCCc1ccc(C#Cc2cc(F)c(-c3cc(F)c(S(F)(F)(F)(F)F)c(F)c3)cc2CCC)cc1. The van der Waals surface area contributed by atoms with Crippen molar-refractivity contribution in [3.63, 3.8) is 0 Å². The van der Waals surface area contributed by atoms with Gasteiger partial charge in [0.05, 0.1) is 0 Å². The zero-order chi connectivity index (χ0) is 26.8. The highest BCUT2D eigenvalue weighted by atomic mass is 32.5. The summed E-state index contributed by atoms with van der Waals surface area (Å²) in [6, 6.07) is 9.97. The third-order valence-electron chi connectivity index (χ3n) is 5.52. The number of halogens is 8. The van der Waals surface area contributed by atoms with Crippen molar-refractivity contribution in [3.8, 4) is 23.0 Å². The fraction of sp³-hybridized carbons (Fsp3) is 0.259. The zero-order valence-electron chi connectivity index (χ0n) is 19.6. The fourth-order valence-electron chi connectivity index (χ4n) is 3.79. The summed E-state index contributed by atoms with van der Waals surface area (Å²) in [6.45, 7) is 3.93. The zero-order valence-corrected chi connectivity index (χ0v) is 20.4. The first-order valence-electron chi connectivity index (χ1n) is 11.3. The minimum Gasteiger partial charge on any atom is -0.206 e. The summed E-state index contributed by atoms with van der Waals surface area (Å²) in [5.41, 5.74) is 1.61. The highest BCUT2D eigenvalue weighted by Crippen LogP contribution is 3.02. The van der Waals surface area contributed by atoms with E-state index in [-0.39, 0.29) is 12.1 Å². The molecule has 0 saturated heterocycles. The summed E-state index contributed by atoms with van der Waals surface area (Å²) < 4.78 is 108. The lowest BCUT2D eigenvalue weighted by Gasteiger charge is -2.40. The molecule has 0 fully saturated rings. The van der Waals surface area contributed by atoms with E-state index in [0.29, 0.717) is 29.5 Å². The molecule has 0 aliphatic carbocycles. The summed E-state index contributed by atoms with van der Waals surface area (Å²) in [5.74, 6) is -0.206. The average molecular weight is 533 g/mol. The standard InChI is InChI=1S/C27H24F8S/c1-3-5-7-18-8-10-19(11-9-18)12-13-21-15-24(28)23(14-20(21)6-4-2)22-16-25(29)27(26(30)17-22)36(31,32,33,34)35/h8-11,14-17H,3-7H2,1-2H3. The van der Waals surface area contributed by atoms with E-state index in [2.05, 4.69) is 18.8 Å². The van der Waals surface area contributed by atoms with E-state index < -0.39 is 43.7 Å². The number of rotatable bonds is 7. The topological polar surface area (TPSA) is 0 Å². The van der Waals surface area contributed by atoms with Gasteiger partial charge in [0.15, 0.2) is 4.90 Å². The predicted molar refractivity (Wildman–Crippen MR) is 128 cm³/mol. The first-order valence-corrected chi connectivity index (χ1v) is 13.2. The Kier molecular flexibility index (Phi) is 7.26. The maximum Gasteiger partial charge on any atom is 0.315 e. The van der Waals surface area contributed by atoms with Crippen LogP contribution in [0, 0.1) is 29.3 Å². The van der Waals surface area contributed by atoms with Crippen molar-refractivity contribution in [2.45, 2.75) is 50.8 Å². The maximum absolute atomic E-state index is 14.9. The number of unbranched alkanes of at least 4 members (excludes halogenated alkanes) is 1. The van der Waals surface area contributed by atoms with Crippen LogP contribution in [0.15, 0.2) is 53.4 Å². The Morgan fingerprint density at radius 3 is 1.83 bits per heavy atom. The minimum atomic E-state index is -10.6. The molecule has 0 saturated carbocycles. The molecule has 0 atom stereocenters. The molecule has 0 unspecified atom stereocenters. The predicted octanol–water partition coefficient (Wildman–Crippen LogP) is 10.1. The molecule has 0 bridgehead atoms. The summed E-state index contributed by atoms with van der Waals surface area (Å²) in [6.07, 6.45) is 4.07. The van der Waals surface area contributed by atoms with Crippen LogP contribution < -0.4 is 0 Å². The Hall–Kier alpha value is -2.99. The number of hydrogen-bond acceptors (Lipinski definition) is 0. The first kappa shape index (κ1) is 27.6. The molecule has 0 N–H and O–H groups in total. The molecular formula is C27H24F8S. The second-order valence-corrected chi connectivity index (χ2v) is 10.9. The van der Waals surface area contributed by atoms with Crippen molar-refractivity contribution in [1.29, 1.82) is 0 Å². The highest BCUT2D eigenvalue weighted by molar-refractivity contribution is 8.45. The van der Waals surface area contributed by atoms with Crippen molar-refractivity contribution in [2.75, 3.05) is 0 Å². The Bertz CT molecular complexity index is 1310. The van der Waals surface area contributed by atoms with Gasteiger partial charge in [0.1, 0.15) is 17.5 Å². The van der Waals surface area contributed by atoms with Crippen LogP contribution >= 0.6 is 10.2 Å². The third kappa shape index (κ3) is 6.61. The van der Waals surface area contributed by atoms with Crippen molar-refractivity contribution in [3.05, 3.63) is 88.2 Å². The lowest BCUT2D eigenvalue weighted by atomic mass is 9.95. The van der Waals surface area contributed by atoms with Crippen molar-refractivity contribution in [2.24, 2.45) is 0 Å². The maximum atomic E-state index is 14.9. The van der Waals surface area contributed by atoms with Crippen LogP contribution in [0.5, 0.6) is 0 Å². The van der Waals surface area contributed by atoms with E-state index >= 15 is 0 Å². The fourth-order valence-corrected chi connectivity index (χ4v) is 4.65. The monoisotopic (exact) mass is 532 g/mol. The van der Waals surface area contributed by atoms with Crippen molar-refractivity contribution in [1.82, 2.24) is 0 Å². The van der Waals surface area contributed by atoms with Gasteiger partial charge >= 0.3 is 10.2 Å². The minimum absolute atomic E-state index is 0.0654. The van der Waals surface area contributed by atoms with Crippen LogP contribution in [-0.4, -0.2) is 0 Å². The van der Waals surface area contributed by atoms with Crippen LogP contribution in [-0.2, 0) is 12.8 Å². The Morgan fingerprint density at radius 1 is 0.694 bits per heavy atom. The van der Waals surface area contributed by atoms with Gasteiger partial charge in [-0.05, 0) is 72.4 Å². The molecular weight excluding hydrogens is 508 g/mol. The molecule has 194 valence electrons. The molecule has 0 amide bonds. The molecule has 3 rings (SSSR count). The molecule has 9 heteroatoms. The largest absolute Gasteiger partial charge is 0.315 e. The van der Waals surface area contributed by atoms with Crippen LogP contribution in [0.3, 0.4) is 0 Å². The summed E-state index contributed by atoms with van der Waals surface area (Å²) in [7, 11) is -10.6.